The minimum atomic E-state index is -0.128. The van der Waals surface area contributed by atoms with E-state index in [1.807, 2.05) is 11.8 Å². The van der Waals surface area contributed by atoms with Gasteiger partial charge in [0.15, 0.2) is 0 Å². The summed E-state index contributed by atoms with van der Waals surface area (Å²) in [5.41, 5.74) is 0.320. The summed E-state index contributed by atoms with van der Waals surface area (Å²) < 4.78 is 0. The summed E-state index contributed by atoms with van der Waals surface area (Å²) in [5, 5.41) is 10.3. The van der Waals surface area contributed by atoms with Crippen molar-refractivity contribution < 1.29 is 9.90 Å². The number of phenols is 1. The van der Waals surface area contributed by atoms with E-state index in [1.54, 1.807) is 12.1 Å². The Bertz CT molecular complexity index is 479. The highest BCUT2D eigenvalue weighted by atomic mass is 35.5. The molecule has 104 valence electrons. The first-order valence-corrected chi connectivity index (χ1v) is 6.85. The van der Waals surface area contributed by atoms with Gasteiger partial charge >= 0.3 is 0 Å². The third-order valence-electron chi connectivity index (χ3n) is 3.50. The van der Waals surface area contributed by atoms with Gasteiger partial charge in [-0.05, 0) is 45.1 Å². The molecule has 1 atom stereocenters. The number of hydrogen-bond acceptors (Lipinski definition) is 3. The molecule has 0 aromatic heterocycles. The van der Waals surface area contributed by atoms with E-state index in [0.717, 1.165) is 19.5 Å². The zero-order chi connectivity index (χ0) is 14.0. The molecule has 1 aliphatic rings. The lowest BCUT2D eigenvalue weighted by molar-refractivity contribution is 0.0693. The Balaban J connectivity index is 2.22. The molecule has 0 saturated carbocycles. The van der Waals surface area contributed by atoms with Gasteiger partial charge in [-0.25, -0.2) is 0 Å². The molecule has 19 heavy (non-hydrogen) atoms. The molecule has 1 N–H and O–H groups in total. The smallest absolute Gasteiger partial charge is 0.257 e. The molecule has 1 aliphatic heterocycles. The molecule has 1 saturated heterocycles. The van der Waals surface area contributed by atoms with Crippen LogP contribution in [0.5, 0.6) is 5.75 Å². The van der Waals surface area contributed by atoms with Crippen LogP contribution in [0.1, 0.15) is 23.7 Å². The van der Waals surface area contributed by atoms with Crippen molar-refractivity contribution in [3.05, 3.63) is 28.8 Å². The van der Waals surface area contributed by atoms with Crippen LogP contribution in [0, 0.1) is 0 Å². The second-order valence-electron chi connectivity index (χ2n) is 5.12. The molecule has 0 bridgehead atoms. The Morgan fingerprint density at radius 1 is 1.42 bits per heavy atom. The Hall–Kier alpha value is -1.26. The molecule has 5 heteroatoms. The zero-order valence-electron chi connectivity index (χ0n) is 11.3. The van der Waals surface area contributed by atoms with E-state index in [2.05, 4.69) is 11.9 Å². The van der Waals surface area contributed by atoms with Crippen molar-refractivity contribution >= 4 is 17.5 Å². The lowest BCUT2D eigenvalue weighted by Crippen LogP contribution is -2.42. The summed E-state index contributed by atoms with van der Waals surface area (Å²) >= 11 is 5.79. The number of amides is 1. The van der Waals surface area contributed by atoms with Crippen LogP contribution in [-0.2, 0) is 0 Å². The number of carbonyl (C=O) groups excluding carboxylic acids is 1. The van der Waals surface area contributed by atoms with Crippen LogP contribution in [-0.4, -0.2) is 53.5 Å². The van der Waals surface area contributed by atoms with E-state index >= 15 is 0 Å². The average Bonchev–Trinajstić information content (AvgIpc) is 2.49. The van der Waals surface area contributed by atoms with E-state index < -0.39 is 0 Å². The van der Waals surface area contributed by atoms with Gasteiger partial charge < -0.3 is 14.9 Å². The van der Waals surface area contributed by atoms with E-state index in [9.17, 15) is 9.90 Å². The monoisotopic (exact) mass is 282 g/mol. The number of phenolic OH excluding ortho intramolecular Hbond substituents is 1. The predicted octanol–water partition coefficient (Wildman–Crippen LogP) is 2.21. The topological polar surface area (TPSA) is 43.8 Å². The van der Waals surface area contributed by atoms with Gasteiger partial charge in [0.1, 0.15) is 5.75 Å². The van der Waals surface area contributed by atoms with Gasteiger partial charge in [0.2, 0.25) is 0 Å². The van der Waals surface area contributed by atoms with Crippen molar-refractivity contribution in [1.82, 2.24) is 9.80 Å². The predicted molar refractivity (Wildman–Crippen MR) is 75.7 cm³/mol. The maximum Gasteiger partial charge on any atom is 0.257 e. The maximum absolute atomic E-state index is 12.5. The minimum absolute atomic E-state index is 0.0534. The first-order valence-electron chi connectivity index (χ1n) is 6.47. The highest BCUT2D eigenvalue weighted by Gasteiger charge is 2.26. The van der Waals surface area contributed by atoms with Crippen molar-refractivity contribution in [2.75, 3.05) is 26.7 Å². The first kappa shape index (κ1) is 14.2. The molecule has 0 spiro atoms. The Kier molecular flexibility index (Phi) is 4.32. The SMILES string of the molecule is CC1CN(C)CCCN1C(=O)c1ccc(Cl)cc1O. The number of benzene rings is 1. The number of carbonyl (C=O) groups is 1. The first-order chi connectivity index (χ1) is 8.99. The van der Waals surface area contributed by atoms with Gasteiger partial charge in [-0.1, -0.05) is 11.6 Å². The second-order valence-corrected chi connectivity index (χ2v) is 5.56. The highest BCUT2D eigenvalue weighted by molar-refractivity contribution is 6.30. The molecule has 1 amide bonds. The zero-order valence-corrected chi connectivity index (χ0v) is 12.0. The molecule has 0 radical (unpaired) electrons. The van der Waals surface area contributed by atoms with Crippen LogP contribution < -0.4 is 0 Å². The molecule has 1 fully saturated rings. The largest absolute Gasteiger partial charge is 0.507 e. The Morgan fingerprint density at radius 2 is 2.16 bits per heavy atom. The van der Waals surface area contributed by atoms with Crippen LogP contribution in [0.4, 0.5) is 0 Å². The molecular weight excluding hydrogens is 264 g/mol. The molecule has 1 aromatic rings. The highest BCUT2D eigenvalue weighted by Crippen LogP contribution is 2.24. The van der Waals surface area contributed by atoms with E-state index in [1.165, 1.54) is 6.07 Å². The van der Waals surface area contributed by atoms with Gasteiger partial charge in [-0.2, -0.15) is 0 Å². The quantitative estimate of drug-likeness (QED) is 0.859. The summed E-state index contributed by atoms with van der Waals surface area (Å²) in [6.07, 6.45) is 0.945. The van der Waals surface area contributed by atoms with Gasteiger partial charge in [-0.15, -0.1) is 0 Å². The fourth-order valence-electron chi connectivity index (χ4n) is 2.51. The lowest BCUT2D eigenvalue weighted by atomic mass is 10.1. The lowest BCUT2D eigenvalue weighted by Gasteiger charge is -2.28. The molecule has 1 heterocycles. The number of likely N-dealkylation sites (N-methyl/N-ethyl adjacent to an activating group) is 1. The normalized spacial score (nSPS) is 21.2. The molecule has 4 nitrogen and oxygen atoms in total. The van der Waals surface area contributed by atoms with Crippen molar-refractivity contribution in [2.45, 2.75) is 19.4 Å². The third-order valence-corrected chi connectivity index (χ3v) is 3.73. The van der Waals surface area contributed by atoms with Crippen molar-refractivity contribution in [2.24, 2.45) is 0 Å². The van der Waals surface area contributed by atoms with Gasteiger partial charge in [0.25, 0.3) is 5.91 Å². The third kappa shape index (κ3) is 3.19. The summed E-state index contributed by atoms with van der Waals surface area (Å²) in [4.78, 5) is 16.6. The number of halogens is 1. The fraction of sp³-hybridized carbons (Fsp3) is 0.500. The molecule has 2 rings (SSSR count). The maximum atomic E-state index is 12.5. The van der Waals surface area contributed by atoms with E-state index in [4.69, 9.17) is 11.6 Å². The molecule has 0 aliphatic carbocycles. The van der Waals surface area contributed by atoms with Gasteiger partial charge in [0, 0.05) is 24.2 Å². The Labute approximate surface area is 118 Å². The van der Waals surface area contributed by atoms with Gasteiger partial charge in [-0.3, -0.25) is 4.79 Å². The fourth-order valence-corrected chi connectivity index (χ4v) is 2.68. The van der Waals surface area contributed by atoms with Crippen molar-refractivity contribution in [1.29, 1.82) is 0 Å². The number of hydrogen-bond donors (Lipinski definition) is 1. The second kappa shape index (κ2) is 5.80. The van der Waals surface area contributed by atoms with Gasteiger partial charge in [0.05, 0.1) is 5.56 Å². The van der Waals surface area contributed by atoms with E-state index in [-0.39, 0.29) is 17.7 Å². The average molecular weight is 283 g/mol. The number of nitrogens with zero attached hydrogens (tertiary/aromatic N) is 2. The summed E-state index contributed by atoms with van der Waals surface area (Å²) in [7, 11) is 2.06. The molecule has 1 aromatic carbocycles. The van der Waals surface area contributed by atoms with Crippen LogP contribution in [0.25, 0.3) is 0 Å². The minimum Gasteiger partial charge on any atom is -0.507 e. The van der Waals surface area contributed by atoms with Crippen LogP contribution in [0.2, 0.25) is 5.02 Å². The number of rotatable bonds is 1. The number of aromatic hydroxyl groups is 1. The van der Waals surface area contributed by atoms with Crippen LogP contribution in [0.3, 0.4) is 0 Å². The van der Waals surface area contributed by atoms with Crippen molar-refractivity contribution in [3.63, 3.8) is 0 Å². The van der Waals surface area contributed by atoms with E-state index in [0.29, 0.717) is 17.1 Å². The standard InChI is InChI=1S/C14H19ClN2O2/c1-10-9-16(2)6-3-7-17(10)14(19)12-5-4-11(15)8-13(12)18/h4-5,8,10,18H,3,6-7,9H2,1-2H3. The van der Waals surface area contributed by atoms with Crippen LogP contribution in [0.15, 0.2) is 18.2 Å². The van der Waals surface area contributed by atoms with Crippen molar-refractivity contribution in [3.8, 4) is 5.75 Å². The Morgan fingerprint density at radius 3 is 2.84 bits per heavy atom. The van der Waals surface area contributed by atoms with Crippen LogP contribution >= 0.6 is 11.6 Å². The summed E-state index contributed by atoms with van der Waals surface area (Å²) in [6, 6.07) is 4.75. The summed E-state index contributed by atoms with van der Waals surface area (Å²) in [6.45, 7) is 4.58. The molecular formula is C14H19ClN2O2. The summed E-state index contributed by atoms with van der Waals surface area (Å²) in [5.74, 6) is -0.181. The molecule has 1 unspecified atom stereocenters.